The molecule has 0 radical (unpaired) electrons. The summed E-state index contributed by atoms with van der Waals surface area (Å²) >= 11 is 0. The van der Waals surface area contributed by atoms with Gasteiger partial charge in [0.25, 0.3) is 11.8 Å². The number of carbonyl (C=O) groups is 3. The first-order valence-electron chi connectivity index (χ1n) is 9.19. The Morgan fingerprint density at radius 3 is 2.40 bits per heavy atom. The number of likely N-dealkylation sites (N-methyl/N-ethyl adjacent to an activating group) is 1. The van der Waals surface area contributed by atoms with Crippen molar-refractivity contribution in [1.29, 1.82) is 0 Å². The quantitative estimate of drug-likeness (QED) is 0.607. The second-order valence-corrected chi connectivity index (χ2v) is 6.15. The number of halogens is 1. The molecule has 2 aromatic carbocycles. The van der Waals surface area contributed by atoms with E-state index in [0.29, 0.717) is 12.2 Å². The van der Waals surface area contributed by atoms with Gasteiger partial charge in [-0.1, -0.05) is 0 Å². The van der Waals surface area contributed by atoms with Crippen LogP contribution in [0.1, 0.15) is 24.2 Å². The van der Waals surface area contributed by atoms with E-state index in [2.05, 4.69) is 10.6 Å². The van der Waals surface area contributed by atoms with Gasteiger partial charge in [0.05, 0.1) is 12.7 Å². The maximum atomic E-state index is 12.9. The van der Waals surface area contributed by atoms with Crippen LogP contribution in [-0.2, 0) is 14.3 Å². The minimum atomic E-state index is -0.950. The molecule has 0 aliphatic heterocycles. The average molecular weight is 418 g/mol. The molecule has 1 atom stereocenters. The molecule has 160 valence electrons. The number of benzene rings is 2. The predicted octanol–water partition coefficient (Wildman–Crippen LogP) is 2.53. The van der Waals surface area contributed by atoms with E-state index in [4.69, 9.17) is 14.2 Å². The number of carbonyl (C=O) groups excluding carboxylic acids is 3. The number of amides is 2. The monoisotopic (exact) mass is 418 g/mol. The summed E-state index contributed by atoms with van der Waals surface area (Å²) in [5, 5.41) is 5.13. The maximum Gasteiger partial charge on any atom is 0.339 e. The zero-order chi connectivity index (χ0) is 22.1. The lowest BCUT2D eigenvalue weighted by Crippen LogP contribution is -2.35. The number of ether oxygens (including phenoxy) is 3. The minimum absolute atomic E-state index is 0.158. The van der Waals surface area contributed by atoms with E-state index in [-0.39, 0.29) is 23.7 Å². The van der Waals surface area contributed by atoms with Crippen molar-refractivity contribution in [3.63, 3.8) is 0 Å². The Kier molecular flexibility index (Phi) is 8.16. The van der Waals surface area contributed by atoms with Crippen LogP contribution in [0.3, 0.4) is 0 Å². The van der Waals surface area contributed by atoms with E-state index in [9.17, 15) is 18.8 Å². The highest BCUT2D eigenvalue weighted by atomic mass is 19.1. The molecule has 0 saturated carbocycles. The lowest BCUT2D eigenvalue weighted by Gasteiger charge is -2.14. The fourth-order valence-corrected chi connectivity index (χ4v) is 2.39. The Bertz CT molecular complexity index is 901. The molecule has 0 fully saturated rings. The number of methoxy groups -OCH3 is 1. The zero-order valence-corrected chi connectivity index (χ0v) is 16.9. The zero-order valence-electron chi connectivity index (χ0n) is 16.9. The van der Waals surface area contributed by atoms with Gasteiger partial charge in [-0.3, -0.25) is 9.59 Å². The molecule has 8 nitrogen and oxygen atoms in total. The molecule has 0 unspecified atom stereocenters. The normalized spacial score (nSPS) is 11.2. The number of esters is 1. The highest BCUT2D eigenvalue weighted by Crippen LogP contribution is 2.28. The lowest BCUT2D eigenvalue weighted by atomic mass is 10.2. The Morgan fingerprint density at radius 1 is 1.07 bits per heavy atom. The van der Waals surface area contributed by atoms with Crippen LogP contribution in [0.4, 0.5) is 10.1 Å². The molecule has 2 N–H and O–H groups in total. The van der Waals surface area contributed by atoms with Crippen molar-refractivity contribution >= 4 is 23.5 Å². The SMILES string of the molecule is CCNC(=O)[C@@H](C)OC(=O)c1ccc(OCC(=O)Nc2ccc(F)cc2)c(OC)c1. The highest BCUT2D eigenvalue weighted by Gasteiger charge is 2.19. The van der Waals surface area contributed by atoms with Crippen molar-refractivity contribution in [2.45, 2.75) is 20.0 Å². The van der Waals surface area contributed by atoms with Gasteiger partial charge in [0.15, 0.2) is 24.2 Å². The third kappa shape index (κ3) is 6.47. The standard InChI is InChI=1S/C21H23FN2O6/c1-4-23-20(26)13(2)30-21(27)14-5-10-17(18(11-14)28-3)29-12-19(25)24-16-8-6-15(22)7-9-16/h5-11,13H,4,12H2,1-3H3,(H,23,26)(H,24,25)/t13-/m1/s1. The number of anilines is 1. The minimum Gasteiger partial charge on any atom is -0.493 e. The fourth-order valence-electron chi connectivity index (χ4n) is 2.39. The van der Waals surface area contributed by atoms with Crippen LogP contribution in [0.5, 0.6) is 11.5 Å². The van der Waals surface area contributed by atoms with Gasteiger partial charge >= 0.3 is 5.97 Å². The smallest absolute Gasteiger partial charge is 0.339 e. The van der Waals surface area contributed by atoms with Crippen LogP contribution in [0.15, 0.2) is 42.5 Å². The molecule has 0 aromatic heterocycles. The molecule has 0 bridgehead atoms. The van der Waals surface area contributed by atoms with Gasteiger partial charge in [0.2, 0.25) is 0 Å². The molecular weight excluding hydrogens is 395 g/mol. The highest BCUT2D eigenvalue weighted by molar-refractivity contribution is 5.93. The first kappa shape index (κ1) is 22.7. The summed E-state index contributed by atoms with van der Waals surface area (Å²) in [4.78, 5) is 35.9. The third-order valence-electron chi connectivity index (χ3n) is 3.89. The van der Waals surface area contributed by atoms with Crippen molar-refractivity contribution in [3.05, 3.63) is 53.8 Å². The van der Waals surface area contributed by atoms with Gasteiger partial charge in [0, 0.05) is 12.2 Å². The summed E-state index contributed by atoms with van der Waals surface area (Å²) in [6.45, 7) is 3.33. The topological polar surface area (TPSA) is 103 Å². The molecule has 2 aromatic rings. The molecule has 0 spiro atoms. The second kappa shape index (κ2) is 10.8. The average Bonchev–Trinajstić information content (AvgIpc) is 2.73. The van der Waals surface area contributed by atoms with Crippen molar-refractivity contribution < 1.29 is 33.0 Å². The van der Waals surface area contributed by atoms with E-state index in [1.165, 1.54) is 56.5 Å². The molecule has 0 aliphatic carbocycles. The molecule has 0 aliphatic rings. The molecule has 0 heterocycles. The van der Waals surface area contributed by atoms with Crippen LogP contribution in [0.2, 0.25) is 0 Å². The predicted molar refractivity (Wildman–Crippen MR) is 107 cm³/mol. The fraction of sp³-hybridized carbons (Fsp3) is 0.286. The summed E-state index contributed by atoms with van der Waals surface area (Å²) in [5.74, 6) is -1.52. The van der Waals surface area contributed by atoms with Crippen LogP contribution in [-0.4, -0.2) is 44.1 Å². The number of nitrogens with one attached hydrogen (secondary N) is 2. The first-order valence-corrected chi connectivity index (χ1v) is 9.19. The van der Waals surface area contributed by atoms with E-state index in [1.807, 2.05) is 0 Å². The van der Waals surface area contributed by atoms with Gasteiger partial charge in [-0.15, -0.1) is 0 Å². The van der Waals surface area contributed by atoms with Crippen LogP contribution in [0.25, 0.3) is 0 Å². The second-order valence-electron chi connectivity index (χ2n) is 6.15. The number of hydrogen-bond acceptors (Lipinski definition) is 6. The largest absolute Gasteiger partial charge is 0.493 e. The summed E-state index contributed by atoms with van der Waals surface area (Å²) in [7, 11) is 1.38. The molecule has 2 amide bonds. The Labute approximate surface area is 173 Å². The third-order valence-corrected chi connectivity index (χ3v) is 3.89. The Balaban J connectivity index is 1.97. The van der Waals surface area contributed by atoms with E-state index < -0.39 is 29.7 Å². The molecule has 0 saturated heterocycles. The lowest BCUT2D eigenvalue weighted by molar-refractivity contribution is -0.129. The maximum absolute atomic E-state index is 12.9. The van der Waals surface area contributed by atoms with Crippen molar-refractivity contribution in [3.8, 4) is 11.5 Å². The molecule has 9 heteroatoms. The van der Waals surface area contributed by atoms with Gasteiger partial charge in [-0.05, 0) is 56.3 Å². The summed E-state index contributed by atoms with van der Waals surface area (Å²) in [6.07, 6.45) is -0.950. The Morgan fingerprint density at radius 2 is 1.77 bits per heavy atom. The summed E-state index contributed by atoms with van der Waals surface area (Å²) in [5.41, 5.74) is 0.586. The van der Waals surface area contributed by atoms with Gasteiger partial charge in [-0.2, -0.15) is 0 Å². The van der Waals surface area contributed by atoms with Gasteiger partial charge in [0.1, 0.15) is 5.82 Å². The molecule has 30 heavy (non-hydrogen) atoms. The van der Waals surface area contributed by atoms with Crippen molar-refractivity contribution in [1.82, 2.24) is 5.32 Å². The summed E-state index contributed by atoms with van der Waals surface area (Å²) in [6, 6.07) is 9.58. The van der Waals surface area contributed by atoms with Gasteiger partial charge < -0.3 is 24.8 Å². The van der Waals surface area contributed by atoms with E-state index in [1.54, 1.807) is 6.92 Å². The molecular formula is C21H23FN2O6. The van der Waals surface area contributed by atoms with Crippen LogP contribution < -0.4 is 20.1 Å². The number of hydrogen-bond donors (Lipinski definition) is 2. The van der Waals surface area contributed by atoms with Gasteiger partial charge in [-0.25, -0.2) is 9.18 Å². The molecule has 2 rings (SSSR count). The first-order chi connectivity index (χ1) is 14.3. The van der Waals surface area contributed by atoms with E-state index >= 15 is 0 Å². The van der Waals surface area contributed by atoms with Crippen LogP contribution >= 0.6 is 0 Å². The van der Waals surface area contributed by atoms with Crippen LogP contribution in [0, 0.1) is 5.82 Å². The van der Waals surface area contributed by atoms with Crippen molar-refractivity contribution in [2.75, 3.05) is 25.6 Å². The Hall–Kier alpha value is -3.62. The van der Waals surface area contributed by atoms with E-state index in [0.717, 1.165) is 0 Å². The summed E-state index contributed by atoms with van der Waals surface area (Å²) < 4.78 is 28.7. The number of rotatable bonds is 9. The van der Waals surface area contributed by atoms with Crippen molar-refractivity contribution in [2.24, 2.45) is 0 Å².